The summed E-state index contributed by atoms with van der Waals surface area (Å²) < 4.78 is 12.8. The fourth-order valence-corrected chi connectivity index (χ4v) is 2.86. The molecule has 0 saturated heterocycles. The monoisotopic (exact) mass is 376 g/mol. The minimum Gasteiger partial charge on any atom is -0.374 e. The van der Waals surface area contributed by atoms with Crippen LogP contribution in [0.3, 0.4) is 0 Å². The lowest BCUT2D eigenvalue weighted by Gasteiger charge is -2.07. The van der Waals surface area contributed by atoms with Crippen LogP contribution < -0.4 is 5.56 Å². The third-order valence-corrected chi connectivity index (χ3v) is 4.24. The summed E-state index contributed by atoms with van der Waals surface area (Å²) >= 11 is 0. The van der Waals surface area contributed by atoms with Crippen LogP contribution in [0.25, 0.3) is 22.6 Å². The number of fused-ring (bicyclic) bond motifs is 1. The van der Waals surface area contributed by atoms with Crippen LogP contribution in [0.4, 0.5) is 0 Å². The molecule has 2 aromatic carbocycles. The van der Waals surface area contributed by atoms with Crippen LogP contribution in [-0.2, 0) is 22.8 Å². The lowest BCUT2D eigenvalue weighted by atomic mass is 10.2. The lowest BCUT2D eigenvalue weighted by Crippen LogP contribution is -2.15. The van der Waals surface area contributed by atoms with E-state index in [1.807, 2.05) is 60.7 Å². The number of aromatic nitrogens is 4. The van der Waals surface area contributed by atoms with Crippen LogP contribution in [0.15, 0.2) is 71.8 Å². The molecule has 0 unspecified atom stereocenters. The standard InChI is InChI=1S/C21H20N4O3/c26-21-18-20(23-19(24-21)17-9-5-2-6-10-17)22-14-25(18)15-28-12-11-27-13-16-7-3-1-4-8-16/h1-10,14H,11-13,15H2,(H,23,24,26). The van der Waals surface area contributed by atoms with E-state index in [9.17, 15) is 4.79 Å². The number of rotatable bonds is 8. The van der Waals surface area contributed by atoms with Crippen LogP contribution in [-0.4, -0.2) is 32.7 Å². The van der Waals surface area contributed by atoms with E-state index in [0.29, 0.717) is 36.8 Å². The molecule has 0 radical (unpaired) electrons. The van der Waals surface area contributed by atoms with E-state index in [1.54, 1.807) is 10.9 Å². The number of H-pyrrole nitrogens is 1. The van der Waals surface area contributed by atoms with Gasteiger partial charge in [-0.3, -0.25) is 4.79 Å². The van der Waals surface area contributed by atoms with Crippen LogP contribution in [0.2, 0.25) is 0 Å². The maximum atomic E-state index is 12.5. The summed E-state index contributed by atoms with van der Waals surface area (Å²) in [4.78, 5) is 24.0. The molecule has 0 aliphatic heterocycles. The molecule has 28 heavy (non-hydrogen) atoms. The molecular formula is C21H20N4O3. The van der Waals surface area contributed by atoms with Crippen LogP contribution in [0, 0.1) is 0 Å². The maximum absolute atomic E-state index is 12.5. The van der Waals surface area contributed by atoms with Crippen molar-refractivity contribution in [3.8, 4) is 11.4 Å². The van der Waals surface area contributed by atoms with Crippen molar-refractivity contribution in [3.05, 3.63) is 82.9 Å². The van der Waals surface area contributed by atoms with Gasteiger partial charge in [0.1, 0.15) is 12.6 Å². The number of benzene rings is 2. The van der Waals surface area contributed by atoms with Crippen molar-refractivity contribution in [1.82, 2.24) is 19.5 Å². The van der Waals surface area contributed by atoms with Gasteiger partial charge in [0.05, 0.1) is 26.1 Å². The molecule has 1 N–H and O–H groups in total. The molecule has 7 nitrogen and oxygen atoms in total. The third kappa shape index (κ3) is 4.16. The Morgan fingerprint density at radius 1 is 0.929 bits per heavy atom. The molecule has 7 heteroatoms. The molecule has 0 aliphatic rings. The van der Waals surface area contributed by atoms with Crippen molar-refractivity contribution in [2.24, 2.45) is 0 Å². The molecular weight excluding hydrogens is 356 g/mol. The van der Waals surface area contributed by atoms with Crippen molar-refractivity contribution >= 4 is 11.2 Å². The Bertz CT molecular complexity index is 1090. The van der Waals surface area contributed by atoms with Gasteiger partial charge >= 0.3 is 0 Å². The zero-order chi connectivity index (χ0) is 19.2. The van der Waals surface area contributed by atoms with E-state index in [-0.39, 0.29) is 12.3 Å². The van der Waals surface area contributed by atoms with Gasteiger partial charge in [0, 0.05) is 5.56 Å². The summed E-state index contributed by atoms with van der Waals surface area (Å²) in [6.07, 6.45) is 1.56. The van der Waals surface area contributed by atoms with E-state index < -0.39 is 0 Å². The number of hydrogen-bond donors (Lipinski definition) is 1. The Hall–Kier alpha value is -3.29. The molecule has 0 atom stereocenters. The van der Waals surface area contributed by atoms with Crippen LogP contribution in [0.1, 0.15) is 5.56 Å². The fourth-order valence-electron chi connectivity index (χ4n) is 2.86. The molecule has 0 bridgehead atoms. The van der Waals surface area contributed by atoms with Gasteiger partial charge < -0.3 is 19.0 Å². The average Bonchev–Trinajstić information content (AvgIpc) is 3.15. The van der Waals surface area contributed by atoms with E-state index in [2.05, 4.69) is 15.0 Å². The Morgan fingerprint density at radius 3 is 2.43 bits per heavy atom. The topological polar surface area (TPSA) is 82.0 Å². The predicted octanol–water partition coefficient (Wildman–Crippen LogP) is 2.98. The van der Waals surface area contributed by atoms with Gasteiger partial charge in [-0.2, -0.15) is 0 Å². The van der Waals surface area contributed by atoms with Crippen molar-refractivity contribution < 1.29 is 9.47 Å². The summed E-state index contributed by atoms with van der Waals surface area (Å²) in [6, 6.07) is 19.4. The highest BCUT2D eigenvalue weighted by Gasteiger charge is 2.11. The molecule has 0 spiro atoms. The van der Waals surface area contributed by atoms with Gasteiger partial charge in [-0.25, -0.2) is 9.97 Å². The van der Waals surface area contributed by atoms with Gasteiger partial charge in [-0.05, 0) is 5.56 Å². The number of ether oxygens (including phenoxy) is 2. The average molecular weight is 376 g/mol. The number of hydrogen-bond acceptors (Lipinski definition) is 5. The fraction of sp³-hybridized carbons (Fsp3) is 0.190. The summed E-state index contributed by atoms with van der Waals surface area (Å²) in [5.41, 5.74) is 2.50. The first kappa shape index (κ1) is 18.1. The molecule has 0 aliphatic carbocycles. The molecule has 4 aromatic rings. The van der Waals surface area contributed by atoms with Gasteiger partial charge in [0.2, 0.25) is 0 Å². The maximum Gasteiger partial charge on any atom is 0.277 e. The Labute approximate surface area is 161 Å². The van der Waals surface area contributed by atoms with Crippen molar-refractivity contribution in [2.75, 3.05) is 13.2 Å². The molecule has 4 rings (SSSR count). The molecule has 2 heterocycles. The first-order chi connectivity index (χ1) is 13.8. The highest BCUT2D eigenvalue weighted by atomic mass is 16.5. The van der Waals surface area contributed by atoms with E-state index in [0.717, 1.165) is 11.1 Å². The summed E-state index contributed by atoms with van der Waals surface area (Å²) in [7, 11) is 0. The first-order valence-corrected chi connectivity index (χ1v) is 9.01. The summed E-state index contributed by atoms with van der Waals surface area (Å²) in [6.45, 7) is 1.64. The van der Waals surface area contributed by atoms with Crippen molar-refractivity contribution in [1.29, 1.82) is 0 Å². The zero-order valence-corrected chi connectivity index (χ0v) is 15.2. The highest BCUT2D eigenvalue weighted by Crippen LogP contribution is 2.15. The number of aromatic amines is 1. The minimum atomic E-state index is -0.245. The second kappa shape index (κ2) is 8.60. The molecule has 142 valence electrons. The zero-order valence-electron chi connectivity index (χ0n) is 15.2. The van der Waals surface area contributed by atoms with E-state index >= 15 is 0 Å². The quantitative estimate of drug-likeness (QED) is 0.478. The largest absolute Gasteiger partial charge is 0.374 e. The summed E-state index contributed by atoms with van der Waals surface area (Å²) in [5, 5.41) is 0. The van der Waals surface area contributed by atoms with Crippen LogP contribution in [0.5, 0.6) is 0 Å². The summed E-state index contributed by atoms with van der Waals surface area (Å²) in [5.74, 6) is 0.499. The normalized spacial score (nSPS) is 11.1. The van der Waals surface area contributed by atoms with Gasteiger partial charge in [0.15, 0.2) is 11.2 Å². The Morgan fingerprint density at radius 2 is 1.64 bits per heavy atom. The highest BCUT2D eigenvalue weighted by molar-refractivity contribution is 5.72. The first-order valence-electron chi connectivity index (χ1n) is 9.01. The molecule has 0 fully saturated rings. The second-order valence-electron chi connectivity index (χ2n) is 6.24. The predicted molar refractivity (Wildman–Crippen MR) is 106 cm³/mol. The number of nitrogens with one attached hydrogen (secondary N) is 1. The van der Waals surface area contributed by atoms with Crippen molar-refractivity contribution in [3.63, 3.8) is 0 Å². The number of nitrogens with zero attached hydrogens (tertiary/aromatic N) is 3. The molecule has 2 aromatic heterocycles. The van der Waals surface area contributed by atoms with E-state index in [4.69, 9.17) is 9.47 Å². The second-order valence-corrected chi connectivity index (χ2v) is 6.24. The lowest BCUT2D eigenvalue weighted by molar-refractivity contribution is 0.0148. The van der Waals surface area contributed by atoms with Gasteiger partial charge in [0.25, 0.3) is 5.56 Å². The van der Waals surface area contributed by atoms with Gasteiger partial charge in [-0.1, -0.05) is 60.7 Å². The Kier molecular flexibility index (Phi) is 5.56. The smallest absolute Gasteiger partial charge is 0.277 e. The minimum absolute atomic E-state index is 0.209. The van der Waals surface area contributed by atoms with E-state index in [1.165, 1.54) is 0 Å². The third-order valence-electron chi connectivity index (χ3n) is 4.24. The van der Waals surface area contributed by atoms with Crippen LogP contribution >= 0.6 is 0 Å². The van der Waals surface area contributed by atoms with Gasteiger partial charge in [-0.15, -0.1) is 0 Å². The van der Waals surface area contributed by atoms with Crippen molar-refractivity contribution in [2.45, 2.75) is 13.3 Å². The Balaban J connectivity index is 1.35. The molecule has 0 saturated carbocycles. The number of imidazole rings is 1. The SMILES string of the molecule is O=c1[nH]c(-c2ccccc2)nc2ncn(COCCOCc3ccccc3)c12. The molecule has 0 amide bonds.